The number of ether oxygens (including phenoxy) is 1. The number of guanidine groups is 1. The van der Waals surface area contributed by atoms with Crippen molar-refractivity contribution in [3.63, 3.8) is 0 Å². The third kappa shape index (κ3) is 4.71. The topological polar surface area (TPSA) is 69.2 Å². The molecule has 1 fully saturated rings. The molecular weight excluding hydrogens is 282 g/mol. The van der Waals surface area contributed by atoms with Crippen molar-refractivity contribution in [3.05, 3.63) is 12.2 Å². The first kappa shape index (κ1) is 16.8. The standard InChI is InChI=1S/C15H27N5O2/c1-16-15(18-11-14(21)17-6-10-22-2)20-9-5-13(12-20)19-7-3-4-8-19/h3-4,13H,5-12H2,1-2H3,(H,16,18)(H,17,21). The SMILES string of the molecule is CN=C(NCC(=O)NCCOC)N1CCC(N2CC=CC2)C1. The maximum Gasteiger partial charge on any atom is 0.239 e. The minimum absolute atomic E-state index is 0.0438. The number of nitrogens with one attached hydrogen (secondary N) is 2. The van der Waals surface area contributed by atoms with E-state index < -0.39 is 0 Å². The van der Waals surface area contributed by atoms with E-state index in [-0.39, 0.29) is 12.5 Å². The van der Waals surface area contributed by atoms with Gasteiger partial charge in [0, 0.05) is 52.9 Å². The first-order valence-electron chi connectivity index (χ1n) is 7.85. The van der Waals surface area contributed by atoms with Crippen LogP contribution in [0.15, 0.2) is 17.1 Å². The molecular formula is C15H27N5O2. The summed E-state index contributed by atoms with van der Waals surface area (Å²) >= 11 is 0. The molecule has 2 N–H and O–H groups in total. The first-order chi connectivity index (χ1) is 10.7. The molecule has 2 rings (SSSR count). The number of aliphatic imine (C=N–C) groups is 1. The van der Waals surface area contributed by atoms with Crippen molar-refractivity contribution in [2.75, 3.05) is 60.0 Å². The summed E-state index contributed by atoms with van der Waals surface area (Å²) < 4.78 is 4.90. The molecule has 1 saturated heterocycles. The quantitative estimate of drug-likeness (QED) is 0.293. The fourth-order valence-electron chi connectivity index (χ4n) is 2.87. The number of likely N-dealkylation sites (tertiary alicyclic amines) is 1. The molecule has 0 spiro atoms. The van der Waals surface area contributed by atoms with Crippen LogP contribution in [-0.2, 0) is 9.53 Å². The van der Waals surface area contributed by atoms with Crippen LogP contribution in [0.25, 0.3) is 0 Å². The molecule has 1 amide bonds. The zero-order valence-corrected chi connectivity index (χ0v) is 13.5. The van der Waals surface area contributed by atoms with E-state index in [0.717, 1.165) is 38.6 Å². The maximum absolute atomic E-state index is 11.7. The van der Waals surface area contributed by atoms with Gasteiger partial charge in [0.1, 0.15) is 0 Å². The molecule has 0 bridgehead atoms. The summed E-state index contributed by atoms with van der Waals surface area (Å²) in [5.41, 5.74) is 0. The summed E-state index contributed by atoms with van der Waals surface area (Å²) in [4.78, 5) is 20.7. The highest BCUT2D eigenvalue weighted by Gasteiger charge is 2.29. The molecule has 7 heteroatoms. The predicted molar refractivity (Wildman–Crippen MR) is 86.9 cm³/mol. The third-order valence-electron chi connectivity index (χ3n) is 4.07. The average molecular weight is 309 g/mol. The van der Waals surface area contributed by atoms with E-state index in [4.69, 9.17) is 4.74 Å². The van der Waals surface area contributed by atoms with Gasteiger partial charge in [-0.1, -0.05) is 12.2 Å². The molecule has 0 radical (unpaired) electrons. The monoisotopic (exact) mass is 309 g/mol. The minimum Gasteiger partial charge on any atom is -0.383 e. The Morgan fingerprint density at radius 2 is 2.14 bits per heavy atom. The minimum atomic E-state index is -0.0438. The number of carbonyl (C=O) groups is 1. The maximum atomic E-state index is 11.7. The lowest BCUT2D eigenvalue weighted by molar-refractivity contribution is -0.120. The van der Waals surface area contributed by atoms with Gasteiger partial charge in [-0.05, 0) is 6.42 Å². The Kier molecular flexibility index (Phi) is 6.67. The molecule has 0 aromatic heterocycles. The smallest absolute Gasteiger partial charge is 0.239 e. The Bertz CT molecular complexity index is 416. The van der Waals surface area contributed by atoms with Crippen LogP contribution in [0.1, 0.15) is 6.42 Å². The van der Waals surface area contributed by atoms with Gasteiger partial charge < -0.3 is 20.3 Å². The molecule has 2 heterocycles. The van der Waals surface area contributed by atoms with Crippen molar-refractivity contribution >= 4 is 11.9 Å². The van der Waals surface area contributed by atoms with E-state index in [1.165, 1.54) is 0 Å². The van der Waals surface area contributed by atoms with Gasteiger partial charge in [-0.3, -0.25) is 14.7 Å². The van der Waals surface area contributed by atoms with Gasteiger partial charge in [-0.15, -0.1) is 0 Å². The van der Waals surface area contributed by atoms with E-state index in [2.05, 4.69) is 37.6 Å². The van der Waals surface area contributed by atoms with E-state index in [1.807, 2.05) is 0 Å². The van der Waals surface area contributed by atoms with Gasteiger partial charge in [-0.25, -0.2) is 0 Å². The zero-order valence-electron chi connectivity index (χ0n) is 13.5. The molecule has 1 atom stereocenters. The summed E-state index contributed by atoms with van der Waals surface area (Å²) in [5, 5.41) is 5.93. The summed E-state index contributed by atoms with van der Waals surface area (Å²) in [6, 6.07) is 0.573. The Labute approximate surface area is 132 Å². The lowest BCUT2D eigenvalue weighted by atomic mass is 10.2. The summed E-state index contributed by atoms with van der Waals surface area (Å²) in [6.45, 7) is 5.34. The van der Waals surface area contributed by atoms with Crippen LogP contribution >= 0.6 is 0 Å². The number of nitrogens with zero attached hydrogens (tertiary/aromatic N) is 3. The summed E-state index contributed by atoms with van der Waals surface area (Å²) in [5.74, 6) is 0.759. The molecule has 1 unspecified atom stereocenters. The number of carbonyl (C=O) groups excluding carboxylic acids is 1. The highest BCUT2D eigenvalue weighted by atomic mass is 16.5. The van der Waals surface area contributed by atoms with Crippen molar-refractivity contribution in [3.8, 4) is 0 Å². The molecule has 0 aromatic carbocycles. The van der Waals surface area contributed by atoms with Crippen LogP contribution < -0.4 is 10.6 Å². The van der Waals surface area contributed by atoms with Gasteiger partial charge in [0.15, 0.2) is 5.96 Å². The summed E-state index contributed by atoms with van der Waals surface area (Å²) in [6.07, 6.45) is 5.59. The van der Waals surface area contributed by atoms with Crippen LogP contribution in [0.5, 0.6) is 0 Å². The van der Waals surface area contributed by atoms with Gasteiger partial charge in [0.05, 0.1) is 13.2 Å². The molecule has 2 aliphatic rings. The Morgan fingerprint density at radius 1 is 1.36 bits per heavy atom. The van der Waals surface area contributed by atoms with E-state index in [9.17, 15) is 4.79 Å². The van der Waals surface area contributed by atoms with Crippen LogP contribution in [-0.4, -0.2) is 87.7 Å². The van der Waals surface area contributed by atoms with Crippen LogP contribution in [0.3, 0.4) is 0 Å². The average Bonchev–Trinajstić information content (AvgIpc) is 3.19. The van der Waals surface area contributed by atoms with Crippen molar-refractivity contribution in [2.24, 2.45) is 4.99 Å². The third-order valence-corrected chi connectivity index (χ3v) is 4.07. The largest absolute Gasteiger partial charge is 0.383 e. The normalized spacial score (nSPS) is 22.4. The van der Waals surface area contributed by atoms with E-state index in [1.54, 1.807) is 14.2 Å². The predicted octanol–water partition coefficient (Wildman–Crippen LogP) is -0.729. The molecule has 0 saturated carbocycles. The highest BCUT2D eigenvalue weighted by molar-refractivity contribution is 5.86. The molecule has 7 nitrogen and oxygen atoms in total. The van der Waals surface area contributed by atoms with Gasteiger partial charge in [-0.2, -0.15) is 0 Å². The van der Waals surface area contributed by atoms with Crippen molar-refractivity contribution in [1.29, 1.82) is 0 Å². The Hall–Kier alpha value is -1.60. The molecule has 0 aromatic rings. The van der Waals surface area contributed by atoms with Crippen LogP contribution in [0.2, 0.25) is 0 Å². The molecule has 124 valence electrons. The Balaban J connectivity index is 1.72. The fraction of sp³-hybridized carbons (Fsp3) is 0.733. The number of rotatable bonds is 6. The Morgan fingerprint density at radius 3 is 2.82 bits per heavy atom. The van der Waals surface area contributed by atoms with Crippen LogP contribution in [0.4, 0.5) is 0 Å². The van der Waals surface area contributed by atoms with Gasteiger partial charge in [0.2, 0.25) is 5.91 Å². The van der Waals surface area contributed by atoms with Crippen molar-refractivity contribution in [2.45, 2.75) is 12.5 Å². The lowest BCUT2D eigenvalue weighted by Gasteiger charge is -2.25. The molecule has 0 aliphatic carbocycles. The fourth-order valence-corrected chi connectivity index (χ4v) is 2.87. The van der Waals surface area contributed by atoms with E-state index in [0.29, 0.717) is 19.2 Å². The number of hydrogen-bond acceptors (Lipinski definition) is 4. The number of hydrogen-bond donors (Lipinski definition) is 2. The number of amides is 1. The lowest BCUT2D eigenvalue weighted by Crippen LogP contribution is -2.46. The number of methoxy groups -OCH3 is 1. The van der Waals surface area contributed by atoms with Gasteiger partial charge >= 0.3 is 0 Å². The van der Waals surface area contributed by atoms with E-state index >= 15 is 0 Å². The van der Waals surface area contributed by atoms with Crippen LogP contribution in [0, 0.1) is 0 Å². The first-order valence-corrected chi connectivity index (χ1v) is 7.85. The molecule has 22 heavy (non-hydrogen) atoms. The van der Waals surface area contributed by atoms with Gasteiger partial charge in [0.25, 0.3) is 0 Å². The second-order valence-corrected chi connectivity index (χ2v) is 5.56. The summed E-state index contributed by atoms with van der Waals surface area (Å²) in [7, 11) is 3.38. The highest BCUT2D eigenvalue weighted by Crippen LogP contribution is 2.17. The second kappa shape index (κ2) is 8.75. The van der Waals surface area contributed by atoms with Crippen molar-refractivity contribution < 1.29 is 9.53 Å². The van der Waals surface area contributed by atoms with Crippen molar-refractivity contribution in [1.82, 2.24) is 20.4 Å². The molecule has 2 aliphatic heterocycles. The zero-order chi connectivity index (χ0) is 15.8. The second-order valence-electron chi connectivity index (χ2n) is 5.56.